The van der Waals surface area contributed by atoms with Crippen molar-refractivity contribution < 1.29 is 29.0 Å². The molecular weight excluding hydrogens is 534 g/mol. The number of hydrogen-bond donors (Lipinski definition) is 4. The summed E-state index contributed by atoms with van der Waals surface area (Å²) in [5.41, 5.74) is 12.7. The van der Waals surface area contributed by atoms with Gasteiger partial charge in [0.2, 0.25) is 5.91 Å². The SMILES string of the molecule is NC(=O)c1nsc(C(=O)N(c2ccc3c(c2)OCCO3)C(C(=O)NCc2ccccc2)c2ccc(O)cc2)c1N. The van der Waals surface area contributed by atoms with Gasteiger partial charge in [0.25, 0.3) is 11.8 Å². The number of primary amides is 1. The van der Waals surface area contributed by atoms with Crippen molar-refractivity contribution in [2.24, 2.45) is 5.73 Å². The zero-order valence-corrected chi connectivity index (χ0v) is 21.9. The number of ether oxygens (including phenoxy) is 2. The Balaban J connectivity index is 1.63. The minimum absolute atomic E-state index is 0.0119. The number of nitrogens with two attached hydrogens (primary N) is 2. The number of phenolic OH excluding ortho intramolecular Hbond substituents is 1. The number of carbonyl (C=O) groups is 3. The third-order valence-corrected chi connectivity index (χ3v) is 7.05. The van der Waals surface area contributed by atoms with E-state index in [1.807, 2.05) is 30.3 Å². The molecule has 1 aliphatic heterocycles. The number of fused-ring (bicyclic) bond motifs is 1. The van der Waals surface area contributed by atoms with Crippen LogP contribution in [0.15, 0.2) is 72.8 Å². The zero-order valence-electron chi connectivity index (χ0n) is 21.1. The molecule has 0 radical (unpaired) electrons. The van der Waals surface area contributed by atoms with E-state index >= 15 is 0 Å². The molecule has 1 aromatic heterocycles. The Kier molecular flexibility index (Phi) is 7.51. The van der Waals surface area contributed by atoms with Gasteiger partial charge in [0.05, 0.1) is 5.69 Å². The molecule has 0 saturated heterocycles. The first kappa shape index (κ1) is 26.5. The topological polar surface area (TPSA) is 170 Å². The minimum Gasteiger partial charge on any atom is -0.508 e. The van der Waals surface area contributed by atoms with Crippen molar-refractivity contribution in [2.75, 3.05) is 23.8 Å². The number of phenols is 1. The van der Waals surface area contributed by atoms with Crippen LogP contribution in [0.2, 0.25) is 0 Å². The van der Waals surface area contributed by atoms with Crippen LogP contribution >= 0.6 is 11.5 Å². The third-order valence-electron chi connectivity index (χ3n) is 6.20. The number of hydrogen-bond acceptors (Lipinski definition) is 9. The van der Waals surface area contributed by atoms with Gasteiger partial charge in [0.15, 0.2) is 17.2 Å². The number of anilines is 2. The molecule has 204 valence electrons. The van der Waals surface area contributed by atoms with Crippen molar-refractivity contribution >= 4 is 40.6 Å². The van der Waals surface area contributed by atoms with Crippen LogP contribution in [-0.4, -0.2) is 40.4 Å². The van der Waals surface area contributed by atoms with E-state index < -0.39 is 23.8 Å². The number of amides is 3. The summed E-state index contributed by atoms with van der Waals surface area (Å²) < 4.78 is 15.3. The van der Waals surface area contributed by atoms with Crippen molar-refractivity contribution in [3.63, 3.8) is 0 Å². The fraction of sp³-hybridized carbons (Fsp3) is 0.143. The Bertz CT molecular complexity index is 1560. The van der Waals surface area contributed by atoms with E-state index in [0.717, 1.165) is 5.56 Å². The number of benzene rings is 3. The maximum Gasteiger partial charge on any atom is 0.273 e. The summed E-state index contributed by atoms with van der Waals surface area (Å²) in [4.78, 5) is 41.1. The summed E-state index contributed by atoms with van der Waals surface area (Å²) in [6.45, 7) is 0.888. The van der Waals surface area contributed by atoms with E-state index in [0.29, 0.717) is 47.5 Å². The molecule has 3 aromatic carbocycles. The van der Waals surface area contributed by atoms with Crippen LogP contribution in [0.3, 0.4) is 0 Å². The number of rotatable bonds is 8. The van der Waals surface area contributed by atoms with Crippen LogP contribution < -0.4 is 31.2 Å². The molecule has 0 aliphatic carbocycles. The predicted molar refractivity (Wildman–Crippen MR) is 148 cm³/mol. The van der Waals surface area contributed by atoms with E-state index in [9.17, 15) is 19.5 Å². The smallest absolute Gasteiger partial charge is 0.273 e. The molecule has 4 aromatic rings. The van der Waals surface area contributed by atoms with Gasteiger partial charge in [0, 0.05) is 18.3 Å². The minimum atomic E-state index is -1.22. The van der Waals surface area contributed by atoms with Crippen LogP contribution in [0.1, 0.15) is 37.3 Å². The first-order valence-electron chi connectivity index (χ1n) is 12.2. The molecule has 1 atom stereocenters. The van der Waals surface area contributed by atoms with E-state index in [-0.39, 0.29) is 28.6 Å². The molecule has 2 heterocycles. The Hall–Kier alpha value is -5.10. The highest BCUT2D eigenvalue weighted by Crippen LogP contribution is 2.39. The highest BCUT2D eigenvalue weighted by atomic mass is 32.1. The quantitative estimate of drug-likeness (QED) is 0.255. The second kappa shape index (κ2) is 11.3. The normalized spacial score (nSPS) is 12.8. The summed E-state index contributed by atoms with van der Waals surface area (Å²) in [5, 5.41) is 12.8. The lowest BCUT2D eigenvalue weighted by Gasteiger charge is -2.32. The van der Waals surface area contributed by atoms with Crippen molar-refractivity contribution in [2.45, 2.75) is 12.6 Å². The fourth-order valence-corrected chi connectivity index (χ4v) is 5.00. The maximum atomic E-state index is 14.2. The molecule has 5 rings (SSSR count). The number of aromatic hydroxyl groups is 1. The van der Waals surface area contributed by atoms with Gasteiger partial charge in [-0.05, 0) is 46.9 Å². The molecule has 0 bridgehead atoms. The van der Waals surface area contributed by atoms with Gasteiger partial charge in [-0.1, -0.05) is 42.5 Å². The molecule has 0 spiro atoms. The standard InChI is InChI=1S/C28H25N5O6S/c29-22-23(26(30)35)32-40-25(22)28(37)33(18-8-11-20-21(14-18)39-13-12-38-20)24(17-6-9-19(34)10-7-17)27(36)31-15-16-4-2-1-3-5-16/h1-11,14,24,34H,12-13,15,29H2,(H2,30,35)(H,31,36). The van der Waals surface area contributed by atoms with Gasteiger partial charge in [-0.25, -0.2) is 0 Å². The molecule has 6 N–H and O–H groups in total. The van der Waals surface area contributed by atoms with Crippen LogP contribution in [-0.2, 0) is 11.3 Å². The molecule has 11 nitrogen and oxygen atoms in total. The Morgan fingerprint density at radius 3 is 2.38 bits per heavy atom. The van der Waals surface area contributed by atoms with Gasteiger partial charge in [-0.3, -0.25) is 19.3 Å². The molecule has 1 unspecified atom stereocenters. The first-order valence-corrected chi connectivity index (χ1v) is 13.0. The van der Waals surface area contributed by atoms with Crippen LogP contribution in [0.25, 0.3) is 0 Å². The molecule has 1 aliphatic rings. The van der Waals surface area contributed by atoms with E-state index in [2.05, 4.69) is 9.69 Å². The summed E-state index contributed by atoms with van der Waals surface area (Å²) in [6.07, 6.45) is 0. The van der Waals surface area contributed by atoms with E-state index in [1.165, 1.54) is 17.0 Å². The third kappa shape index (κ3) is 5.38. The van der Waals surface area contributed by atoms with Crippen molar-refractivity contribution in [1.82, 2.24) is 9.69 Å². The van der Waals surface area contributed by atoms with Crippen molar-refractivity contribution in [3.8, 4) is 17.2 Å². The van der Waals surface area contributed by atoms with Crippen molar-refractivity contribution in [1.29, 1.82) is 0 Å². The summed E-state index contributed by atoms with van der Waals surface area (Å²) in [5.74, 6) is -1.20. The second-order valence-corrected chi connectivity index (χ2v) is 9.61. The van der Waals surface area contributed by atoms with E-state index in [4.69, 9.17) is 20.9 Å². The molecule has 0 saturated carbocycles. The first-order chi connectivity index (χ1) is 19.3. The Morgan fingerprint density at radius 2 is 1.70 bits per heavy atom. The molecular formula is C28H25N5O6S. The maximum absolute atomic E-state index is 14.2. The highest BCUT2D eigenvalue weighted by Gasteiger charge is 2.36. The monoisotopic (exact) mass is 559 g/mol. The Morgan fingerprint density at radius 1 is 1.00 bits per heavy atom. The average Bonchev–Trinajstić information content (AvgIpc) is 3.36. The van der Waals surface area contributed by atoms with Crippen LogP contribution in [0.4, 0.5) is 11.4 Å². The largest absolute Gasteiger partial charge is 0.508 e. The number of nitrogen functional groups attached to an aromatic ring is 1. The predicted octanol–water partition coefficient (Wildman–Crippen LogP) is 3.01. The molecule has 0 fully saturated rings. The lowest BCUT2D eigenvalue weighted by atomic mass is 10.0. The fourth-order valence-electron chi connectivity index (χ4n) is 4.26. The highest BCUT2D eigenvalue weighted by molar-refractivity contribution is 7.09. The van der Waals surface area contributed by atoms with Gasteiger partial charge in [0.1, 0.15) is 29.9 Å². The second-order valence-electron chi connectivity index (χ2n) is 8.84. The molecule has 12 heteroatoms. The summed E-state index contributed by atoms with van der Waals surface area (Å²) >= 11 is 0.707. The average molecular weight is 560 g/mol. The van der Waals surface area contributed by atoms with Gasteiger partial charge < -0.3 is 31.4 Å². The number of carbonyl (C=O) groups excluding carboxylic acids is 3. The lowest BCUT2D eigenvalue weighted by molar-refractivity contribution is -0.122. The van der Waals surface area contributed by atoms with Crippen LogP contribution in [0, 0.1) is 0 Å². The van der Waals surface area contributed by atoms with E-state index in [1.54, 1.807) is 30.3 Å². The van der Waals surface area contributed by atoms with Crippen LogP contribution in [0.5, 0.6) is 17.2 Å². The summed E-state index contributed by atoms with van der Waals surface area (Å²) in [7, 11) is 0. The lowest BCUT2D eigenvalue weighted by Crippen LogP contribution is -2.44. The number of aromatic nitrogens is 1. The molecule has 3 amide bonds. The summed E-state index contributed by atoms with van der Waals surface area (Å²) in [6, 6.07) is 18.9. The van der Waals surface area contributed by atoms with Gasteiger partial charge in [-0.2, -0.15) is 4.37 Å². The number of nitrogens with one attached hydrogen (secondary N) is 1. The number of nitrogens with zero attached hydrogens (tertiary/aromatic N) is 2. The van der Waals surface area contributed by atoms with Crippen molar-refractivity contribution in [3.05, 3.63) is 94.5 Å². The van der Waals surface area contributed by atoms with Gasteiger partial charge >= 0.3 is 0 Å². The molecule has 40 heavy (non-hydrogen) atoms. The Labute approximate surface area is 233 Å². The van der Waals surface area contributed by atoms with Gasteiger partial charge in [-0.15, -0.1) is 0 Å². The zero-order chi connectivity index (χ0) is 28.2.